The van der Waals surface area contributed by atoms with E-state index in [1.54, 1.807) is 6.07 Å². The molecule has 0 amide bonds. The van der Waals surface area contributed by atoms with Gasteiger partial charge in [0.15, 0.2) is 0 Å². The maximum absolute atomic E-state index is 10.2. The monoisotopic (exact) mass is 321 g/mol. The summed E-state index contributed by atoms with van der Waals surface area (Å²) in [5.74, 6) is 0. The molecule has 16 heavy (non-hydrogen) atoms. The number of rotatable bonds is 2. The van der Waals surface area contributed by atoms with E-state index in [0.717, 1.165) is 4.47 Å². The molecule has 1 fully saturated rings. The highest BCUT2D eigenvalue weighted by Gasteiger charge is 2.43. The summed E-state index contributed by atoms with van der Waals surface area (Å²) in [4.78, 5) is 0.698. The fourth-order valence-electron chi connectivity index (χ4n) is 1.72. The largest absolute Gasteiger partial charge is 0.386 e. The van der Waals surface area contributed by atoms with Crippen molar-refractivity contribution in [3.63, 3.8) is 0 Å². The molecule has 6 heteroatoms. The fraction of sp³-hybridized carbons (Fsp3) is 0.500. The van der Waals surface area contributed by atoms with Crippen molar-refractivity contribution in [3.05, 3.63) is 19.8 Å². The molecule has 1 N–H and O–H groups in total. The number of hydrogen-bond donors (Lipinski definition) is 1. The molecule has 1 aromatic heterocycles. The summed E-state index contributed by atoms with van der Waals surface area (Å²) >= 11 is 10.5. The highest BCUT2D eigenvalue weighted by atomic mass is 79.9. The smallest absolute Gasteiger partial charge is 0.113 e. The van der Waals surface area contributed by atoms with Crippen LogP contribution in [0, 0.1) is 16.7 Å². The maximum atomic E-state index is 10.2. The summed E-state index contributed by atoms with van der Waals surface area (Å²) in [6.07, 6.45) is -0.286. The fourth-order valence-corrected chi connectivity index (χ4v) is 3.56. The molecule has 2 heterocycles. The van der Waals surface area contributed by atoms with Crippen molar-refractivity contribution in [3.8, 4) is 6.07 Å². The van der Waals surface area contributed by atoms with Gasteiger partial charge in [0.25, 0.3) is 0 Å². The van der Waals surface area contributed by atoms with Crippen LogP contribution in [-0.2, 0) is 4.74 Å². The number of halogens is 2. The predicted molar refractivity (Wildman–Crippen MR) is 65.5 cm³/mol. The van der Waals surface area contributed by atoms with Crippen LogP contribution >= 0.6 is 38.9 Å². The molecule has 2 atom stereocenters. The van der Waals surface area contributed by atoms with E-state index in [1.165, 1.54) is 11.3 Å². The molecule has 1 saturated heterocycles. The second kappa shape index (κ2) is 4.63. The van der Waals surface area contributed by atoms with Crippen LogP contribution in [-0.4, -0.2) is 18.3 Å². The summed E-state index contributed by atoms with van der Waals surface area (Å²) in [5.41, 5.74) is -0.826. The number of hydrogen-bond acceptors (Lipinski definition) is 4. The summed E-state index contributed by atoms with van der Waals surface area (Å²) in [6.45, 7) is 0.794. The Bertz CT molecular complexity index is 417. The van der Waals surface area contributed by atoms with Gasteiger partial charge in [-0.3, -0.25) is 0 Å². The SMILES string of the molecule is N#CC1(C(O)c2cc(Br)c(Cl)s2)CCOC1. The lowest BCUT2D eigenvalue weighted by Crippen LogP contribution is -2.27. The van der Waals surface area contributed by atoms with Gasteiger partial charge in [0, 0.05) is 16.0 Å². The molecule has 0 bridgehead atoms. The topological polar surface area (TPSA) is 53.2 Å². The summed E-state index contributed by atoms with van der Waals surface area (Å²) in [6, 6.07) is 3.94. The van der Waals surface area contributed by atoms with Crippen molar-refractivity contribution in [2.45, 2.75) is 12.5 Å². The van der Waals surface area contributed by atoms with Crippen molar-refractivity contribution >= 4 is 38.9 Å². The summed E-state index contributed by atoms with van der Waals surface area (Å²) in [5, 5.41) is 19.4. The second-order valence-corrected chi connectivity index (χ2v) is 6.28. The van der Waals surface area contributed by atoms with Gasteiger partial charge < -0.3 is 9.84 Å². The van der Waals surface area contributed by atoms with E-state index in [2.05, 4.69) is 22.0 Å². The lowest BCUT2D eigenvalue weighted by molar-refractivity contribution is 0.0530. The standard InChI is InChI=1S/C10H9BrClNO2S/c11-6-3-7(16-9(6)12)8(14)10(4-13)1-2-15-5-10/h3,8,14H,1-2,5H2. The van der Waals surface area contributed by atoms with Gasteiger partial charge in [-0.15, -0.1) is 11.3 Å². The van der Waals surface area contributed by atoms with Crippen LogP contribution < -0.4 is 0 Å². The first-order valence-electron chi connectivity index (χ1n) is 4.71. The van der Waals surface area contributed by atoms with Crippen LogP contribution in [0.25, 0.3) is 0 Å². The molecule has 0 saturated carbocycles. The van der Waals surface area contributed by atoms with Crippen LogP contribution in [0.1, 0.15) is 17.4 Å². The quantitative estimate of drug-likeness (QED) is 0.910. The van der Waals surface area contributed by atoms with Gasteiger partial charge in [-0.2, -0.15) is 5.26 Å². The van der Waals surface area contributed by atoms with Crippen LogP contribution in [0.15, 0.2) is 10.5 Å². The molecular weight excluding hydrogens is 314 g/mol. The second-order valence-electron chi connectivity index (χ2n) is 3.74. The third-order valence-electron chi connectivity index (χ3n) is 2.73. The predicted octanol–water partition coefficient (Wildman–Crippen LogP) is 3.13. The number of nitrogens with zero attached hydrogens (tertiary/aromatic N) is 1. The van der Waals surface area contributed by atoms with Crippen LogP contribution in [0.4, 0.5) is 0 Å². The Morgan fingerprint density at radius 3 is 2.94 bits per heavy atom. The van der Waals surface area contributed by atoms with Crippen molar-refractivity contribution in [1.82, 2.24) is 0 Å². The lowest BCUT2D eigenvalue weighted by atomic mass is 9.82. The lowest BCUT2D eigenvalue weighted by Gasteiger charge is -2.24. The molecule has 86 valence electrons. The van der Waals surface area contributed by atoms with E-state index < -0.39 is 11.5 Å². The van der Waals surface area contributed by atoms with Gasteiger partial charge in [0.05, 0.1) is 12.7 Å². The first-order chi connectivity index (χ1) is 7.59. The van der Waals surface area contributed by atoms with E-state index in [1.807, 2.05) is 0 Å². The van der Waals surface area contributed by atoms with Gasteiger partial charge in [0.2, 0.25) is 0 Å². The molecule has 1 aliphatic rings. The Kier molecular flexibility index (Phi) is 3.57. The molecular formula is C10H9BrClNO2S. The minimum atomic E-state index is -0.839. The summed E-state index contributed by atoms with van der Waals surface area (Å²) < 4.78 is 6.54. The number of nitriles is 1. The van der Waals surface area contributed by atoms with Crippen molar-refractivity contribution in [2.24, 2.45) is 5.41 Å². The van der Waals surface area contributed by atoms with E-state index in [0.29, 0.717) is 22.2 Å². The van der Waals surface area contributed by atoms with Gasteiger partial charge in [-0.25, -0.2) is 0 Å². The van der Waals surface area contributed by atoms with Crippen LogP contribution in [0.5, 0.6) is 0 Å². The van der Waals surface area contributed by atoms with Gasteiger partial charge in [-0.1, -0.05) is 11.6 Å². The number of thiophene rings is 1. The van der Waals surface area contributed by atoms with Crippen molar-refractivity contribution in [2.75, 3.05) is 13.2 Å². The Morgan fingerprint density at radius 1 is 1.75 bits per heavy atom. The third-order valence-corrected chi connectivity index (χ3v) is 5.26. The molecule has 2 unspecified atom stereocenters. The Balaban J connectivity index is 2.30. The van der Waals surface area contributed by atoms with E-state index >= 15 is 0 Å². The van der Waals surface area contributed by atoms with Crippen molar-refractivity contribution < 1.29 is 9.84 Å². The average molecular weight is 323 g/mol. The molecule has 2 rings (SSSR count). The molecule has 0 spiro atoms. The first kappa shape index (κ1) is 12.3. The zero-order valence-corrected chi connectivity index (χ0v) is 11.4. The molecule has 3 nitrogen and oxygen atoms in total. The zero-order chi connectivity index (χ0) is 11.8. The highest BCUT2D eigenvalue weighted by Crippen LogP contribution is 2.45. The normalized spacial score (nSPS) is 26.6. The van der Waals surface area contributed by atoms with Crippen LogP contribution in [0.3, 0.4) is 0 Å². The zero-order valence-electron chi connectivity index (χ0n) is 8.24. The minimum Gasteiger partial charge on any atom is -0.386 e. The minimum absolute atomic E-state index is 0.276. The number of aliphatic hydroxyl groups is 1. The summed E-state index contributed by atoms with van der Waals surface area (Å²) in [7, 11) is 0. The van der Waals surface area contributed by atoms with Gasteiger partial charge in [0.1, 0.15) is 15.9 Å². The van der Waals surface area contributed by atoms with E-state index in [-0.39, 0.29) is 6.61 Å². The van der Waals surface area contributed by atoms with Crippen LogP contribution in [0.2, 0.25) is 4.34 Å². The first-order valence-corrected chi connectivity index (χ1v) is 6.69. The van der Waals surface area contributed by atoms with E-state index in [4.69, 9.17) is 16.3 Å². The molecule has 0 aliphatic carbocycles. The molecule has 0 radical (unpaired) electrons. The van der Waals surface area contributed by atoms with Crippen molar-refractivity contribution in [1.29, 1.82) is 5.26 Å². The van der Waals surface area contributed by atoms with E-state index in [9.17, 15) is 10.4 Å². The third kappa shape index (κ3) is 2.01. The number of aliphatic hydroxyl groups excluding tert-OH is 1. The Labute approximate surface area is 111 Å². The average Bonchev–Trinajstić information content (AvgIpc) is 2.87. The number of ether oxygens (including phenoxy) is 1. The highest BCUT2D eigenvalue weighted by molar-refractivity contribution is 9.10. The van der Waals surface area contributed by atoms with Gasteiger partial charge >= 0.3 is 0 Å². The van der Waals surface area contributed by atoms with Gasteiger partial charge in [-0.05, 0) is 28.4 Å². The Hall–Kier alpha value is -0.120. The molecule has 1 aromatic rings. The Morgan fingerprint density at radius 2 is 2.50 bits per heavy atom. The molecule has 1 aliphatic heterocycles. The maximum Gasteiger partial charge on any atom is 0.113 e. The molecule has 0 aromatic carbocycles.